The standard InChI is InChI=1S/C13H8IN3O/c14-11-7-15-8-17-13(11)18-10-5-9-3-1-2-4-12(9)16-6-10/h1-8H. The fourth-order valence-electron chi connectivity index (χ4n) is 1.59. The van der Waals surface area contributed by atoms with E-state index in [2.05, 4.69) is 37.5 Å². The maximum Gasteiger partial charge on any atom is 0.235 e. The molecule has 3 rings (SSSR count). The molecule has 3 aromatic rings. The van der Waals surface area contributed by atoms with Crippen LogP contribution in [0, 0.1) is 3.57 Å². The molecule has 0 atom stereocenters. The third kappa shape index (κ3) is 2.26. The normalized spacial score (nSPS) is 10.5. The lowest BCUT2D eigenvalue weighted by Gasteiger charge is -2.06. The lowest BCUT2D eigenvalue weighted by Crippen LogP contribution is -1.92. The van der Waals surface area contributed by atoms with Crippen LogP contribution in [0.25, 0.3) is 10.9 Å². The molecule has 0 unspecified atom stereocenters. The van der Waals surface area contributed by atoms with Gasteiger partial charge in [0.05, 0.1) is 15.3 Å². The minimum Gasteiger partial charge on any atom is -0.436 e. The molecule has 88 valence electrons. The van der Waals surface area contributed by atoms with Crippen LogP contribution in [0.2, 0.25) is 0 Å². The Morgan fingerprint density at radius 1 is 1.06 bits per heavy atom. The molecule has 0 saturated carbocycles. The summed E-state index contributed by atoms with van der Waals surface area (Å²) in [6.45, 7) is 0. The van der Waals surface area contributed by atoms with Crippen LogP contribution in [0.15, 0.2) is 49.1 Å². The van der Waals surface area contributed by atoms with E-state index in [1.807, 2.05) is 30.3 Å². The number of nitrogens with zero attached hydrogens (tertiary/aromatic N) is 3. The van der Waals surface area contributed by atoms with Crippen molar-refractivity contribution < 1.29 is 4.74 Å². The zero-order valence-corrected chi connectivity index (χ0v) is 11.4. The van der Waals surface area contributed by atoms with Gasteiger partial charge in [0.2, 0.25) is 5.88 Å². The summed E-state index contributed by atoms with van der Waals surface area (Å²) in [7, 11) is 0. The zero-order chi connectivity index (χ0) is 12.4. The highest BCUT2D eigenvalue weighted by molar-refractivity contribution is 14.1. The highest BCUT2D eigenvalue weighted by atomic mass is 127. The molecule has 2 aromatic heterocycles. The van der Waals surface area contributed by atoms with Gasteiger partial charge in [0.1, 0.15) is 12.1 Å². The minimum absolute atomic E-state index is 0.544. The fraction of sp³-hybridized carbons (Fsp3) is 0. The number of aromatic nitrogens is 3. The van der Waals surface area contributed by atoms with Crippen molar-refractivity contribution in [3.05, 3.63) is 52.6 Å². The molecular formula is C13H8IN3O. The second-order valence-corrected chi connectivity index (χ2v) is 4.80. The van der Waals surface area contributed by atoms with E-state index in [0.29, 0.717) is 11.6 Å². The summed E-state index contributed by atoms with van der Waals surface area (Å²) >= 11 is 2.13. The Hall–Kier alpha value is -1.76. The highest BCUT2D eigenvalue weighted by Crippen LogP contribution is 2.25. The van der Waals surface area contributed by atoms with Crippen LogP contribution in [-0.2, 0) is 0 Å². The summed E-state index contributed by atoms with van der Waals surface area (Å²) < 4.78 is 6.56. The van der Waals surface area contributed by atoms with Gasteiger partial charge in [-0.25, -0.2) is 9.97 Å². The van der Waals surface area contributed by atoms with Gasteiger partial charge in [-0.05, 0) is 34.7 Å². The maximum absolute atomic E-state index is 5.70. The topological polar surface area (TPSA) is 47.9 Å². The summed E-state index contributed by atoms with van der Waals surface area (Å²) in [6.07, 6.45) is 4.86. The van der Waals surface area contributed by atoms with Gasteiger partial charge in [-0.15, -0.1) is 0 Å². The molecule has 0 fully saturated rings. The first-order valence-electron chi connectivity index (χ1n) is 5.31. The van der Waals surface area contributed by atoms with Crippen LogP contribution in [0.5, 0.6) is 11.6 Å². The molecule has 0 aliphatic carbocycles. The average molecular weight is 349 g/mol. The molecule has 0 bridgehead atoms. The monoisotopic (exact) mass is 349 g/mol. The van der Waals surface area contributed by atoms with Crippen molar-refractivity contribution in [1.82, 2.24) is 15.0 Å². The Kier molecular flexibility index (Phi) is 3.06. The Balaban J connectivity index is 1.98. The second-order valence-electron chi connectivity index (χ2n) is 3.64. The number of hydrogen-bond acceptors (Lipinski definition) is 4. The predicted octanol–water partition coefficient (Wildman–Crippen LogP) is 3.42. The summed E-state index contributed by atoms with van der Waals surface area (Å²) in [5.74, 6) is 1.22. The van der Waals surface area contributed by atoms with Crippen molar-refractivity contribution in [3.8, 4) is 11.6 Å². The molecule has 0 spiro atoms. The molecule has 0 saturated heterocycles. The minimum atomic E-state index is 0.544. The highest BCUT2D eigenvalue weighted by Gasteiger charge is 2.04. The first-order valence-corrected chi connectivity index (χ1v) is 6.39. The SMILES string of the molecule is Ic1cncnc1Oc1cnc2ccccc2c1. The van der Waals surface area contributed by atoms with Crippen molar-refractivity contribution in [3.63, 3.8) is 0 Å². The van der Waals surface area contributed by atoms with Crippen LogP contribution < -0.4 is 4.74 Å². The third-order valence-electron chi connectivity index (χ3n) is 2.41. The van der Waals surface area contributed by atoms with Gasteiger partial charge in [0.25, 0.3) is 0 Å². The van der Waals surface area contributed by atoms with Gasteiger partial charge in [-0.2, -0.15) is 0 Å². The lowest BCUT2D eigenvalue weighted by atomic mass is 10.2. The smallest absolute Gasteiger partial charge is 0.235 e. The van der Waals surface area contributed by atoms with E-state index in [9.17, 15) is 0 Å². The number of pyridine rings is 1. The van der Waals surface area contributed by atoms with Crippen molar-refractivity contribution in [2.24, 2.45) is 0 Å². The van der Waals surface area contributed by atoms with E-state index >= 15 is 0 Å². The number of fused-ring (bicyclic) bond motifs is 1. The van der Waals surface area contributed by atoms with E-state index in [1.54, 1.807) is 12.4 Å². The number of halogens is 1. The molecule has 0 aliphatic rings. The molecule has 0 N–H and O–H groups in total. The Labute approximate surface area is 117 Å². The molecule has 1 aromatic carbocycles. The Morgan fingerprint density at radius 2 is 1.94 bits per heavy atom. The van der Waals surface area contributed by atoms with E-state index in [0.717, 1.165) is 14.5 Å². The third-order valence-corrected chi connectivity index (χ3v) is 3.15. The lowest BCUT2D eigenvalue weighted by molar-refractivity contribution is 0.456. The maximum atomic E-state index is 5.70. The largest absolute Gasteiger partial charge is 0.436 e. The predicted molar refractivity (Wildman–Crippen MR) is 76.6 cm³/mol. The van der Waals surface area contributed by atoms with Crippen LogP contribution in [-0.4, -0.2) is 15.0 Å². The summed E-state index contributed by atoms with van der Waals surface area (Å²) in [5.41, 5.74) is 0.947. The summed E-state index contributed by atoms with van der Waals surface area (Å²) in [5, 5.41) is 1.04. The van der Waals surface area contributed by atoms with Crippen LogP contribution in [0.4, 0.5) is 0 Å². The number of rotatable bonds is 2. The van der Waals surface area contributed by atoms with Gasteiger partial charge < -0.3 is 4.74 Å². The van der Waals surface area contributed by atoms with Gasteiger partial charge in [-0.3, -0.25) is 4.98 Å². The molecule has 5 heteroatoms. The number of benzene rings is 1. The van der Waals surface area contributed by atoms with Gasteiger partial charge in [0.15, 0.2) is 0 Å². The van der Waals surface area contributed by atoms with Crippen LogP contribution in [0.3, 0.4) is 0 Å². The van der Waals surface area contributed by atoms with E-state index < -0.39 is 0 Å². The molecule has 18 heavy (non-hydrogen) atoms. The summed E-state index contributed by atoms with van der Waals surface area (Å²) in [4.78, 5) is 12.3. The Morgan fingerprint density at radius 3 is 2.83 bits per heavy atom. The first-order chi connectivity index (χ1) is 8.83. The van der Waals surface area contributed by atoms with Crippen molar-refractivity contribution in [1.29, 1.82) is 0 Å². The Bertz CT molecular complexity index is 702. The van der Waals surface area contributed by atoms with Gasteiger partial charge >= 0.3 is 0 Å². The average Bonchev–Trinajstić information content (AvgIpc) is 2.41. The number of hydrogen-bond donors (Lipinski definition) is 0. The van der Waals surface area contributed by atoms with Crippen molar-refractivity contribution in [2.45, 2.75) is 0 Å². The number of para-hydroxylation sites is 1. The molecule has 0 aliphatic heterocycles. The van der Waals surface area contributed by atoms with Gasteiger partial charge in [0, 0.05) is 11.6 Å². The van der Waals surface area contributed by atoms with Crippen LogP contribution >= 0.6 is 22.6 Å². The molecule has 0 radical (unpaired) electrons. The molecule has 4 nitrogen and oxygen atoms in total. The molecule has 2 heterocycles. The summed E-state index contributed by atoms with van der Waals surface area (Å²) in [6, 6.07) is 9.85. The van der Waals surface area contributed by atoms with E-state index in [1.165, 1.54) is 6.33 Å². The quantitative estimate of drug-likeness (QED) is 0.666. The van der Waals surface area contributed by atoms with Crippen LogP contribution in [0.1, 0.15) is 0 Å². The van der Waals surface area contributed by atoms with Crippen molar-refractivity contribution >= 4 is 33.5 Å². The fourth-order valence-corrected chi connectivity index (χ4v) is 2.00. The number of ether oxygens (including phenoxy) is 1. The first kappa shape index (κ1) is 11.3. The molecule has 0 amide bonds. The van der Waals surface area contributed by atoms with Gasteiger partial charge in [-0.1, -0.05) is 18.2 Å². The van der Waals surface area contributed by atoms with E-state index in [4.69, 9.17) is 4.74 Å². The van der Waals surface area contributed by atoms with Crippen molar-refractivity contribution in [2.75, 3.05) is 0 Å². The van der Waals surface area contributed by atoms with E-state index in [-0.39, 0.29) is 0 Å². The second kappa shape index (κ2) is 4.85. The molecular weight excluding hydrogens is 341 g/mol. The zero-order valence-electron chi connectivity index (χ0n) is 9.25.